The lowest BCUT2D eigenvalue weighted by atomic mass is 10.0. The summed E-state index contributed by atoms with van der Waals surface area (Å²) in [5, 5.41) is 5.99. The van der Waals surface area contributed by atoms with Gasteiger partial charge in [-0.2, -0.15) is 18.3 Å². The van der Waals surface area contributed by atoms with E-state index < -0.39 is 48.2 Å². The molecule has 0 aliphatic heterocycles. The molecule has 39 heavy (non-hydrogen) atoms. The number of anilines is 1. The number of alkyl halides is 5. The molecule has 4 aromatic rings. The van der Waals surface area contributed by atoms with E-state index >= 15 is 0 Å². The molecule has 15 heteroatoms. The number of rotatable bonds is 7. The van der Waals surface area contributed by atoms with Gasteiger partial charge in [-0.25, -0.2) is 18.2 Å². The molecule has 3 heterocycles. The third-order valence-electron chi connectivity index (χ3n) is 6.02. The first kappa shape index (κ1) is 26.9. The molecule has 7 nitrogen and oxygen atoms in total. The van der Waals surface area contributed by atoms with Gasteiger partial charge >= 0.3 is 6.18 Å². The van der Waals surface area contributed by atoms with Gasteiger partial charge < -0.3 is 11.1 Å². The van der Waals surface area contributed by atoms with Gasteiger partial charge in [-0.1, -0.05) is 23.7 Å². The van der Waals surface area contributed by atoms with Crippen molar-refractivity contribution in [3.63, 3.8) is 0 Å². The van der Waals surface area contributed by atoms with E-state index in [4.69, 9.17) is 17.3 Å². The van der Waals surface area contributed by atoms with E-state index in [9.17, 15) is 35.9 Å². The first-order chi connectivity index (χ1) is 18.3. The van der Waals surface area contributed by atoms with Gasteiger partial charge in [0, 0.05) is 11.3 Å². The molecule has 1 aliphatic carbocycles. The van der Waals surface area contributed by atoms with Crippen molar-refractivity contribution in [1.29, 1.82) is 0 Å². The van der Waals surface area contributed by atoms with Crippen molar-refractivity contribution in [1.82, 2.24) is 14.8 Å². The Kier molecular flexibility index (Phi) is 6.79. The minimum atomic E-state index is -4.86. The van der Waals surface area contributed by atoms with E-state index in [0.29, 0.717) is 24.2 Å². The van der Waals surface area contributed by atoms with Gasteiger partial charge in [-0.15, -0.1) is 11.3 Å². The summed E-state index contributed by atoms with van der Waals surface area (Å²) in [7, 11) is 0. The second kappa shape index (κ2) is 9.83. The molecular weight excluding hydrogens is 572 g/mol. The molecule has 3 N–H and O–H groups in total. The first-order valence-corrected chi connectivity index (χ1v) is 12.5. The number of halogens is 7. The smallest absolute Gasteiger partial charge is 0.365 e. The Morgan fingerprint density at radius 3 is 2.44 bits per heavy atom. The maximum absolute atomic E-state index is 13.6. The van der Waals surface area contributed by atoms with E-state index in [1.165, 1.54) is 12.1 Å². The number of nitrogens with zero attached hydrogens (tertiary/aromatic N) is 3. The van der Waals surface area contributed by atoms with E-state index in [1.807, 2.05) is 0 Å². The molecule has 1 saturated carbocycles. The van der Waals surface area contributed by atoms with Crippen LogP contribution in [-0.2, 0) is 17.5 Å². The molecule has 0 saturated heterocycles. The topological polar surface area (TPSA) is 103 Å². The number of fused-ring (bicyclic) bond motifs is 1. The number of nitrogens with two attached hydrogens (primary N) is 1. The highest BCUT2D eigenvalue weighted by Crippen LogP contribution is 2.46. The van der Waals surface area contributed by atoms with Crippen LogP contribution in [0.5, 0.6) is 0 Å². The van der Waals surface area contributed by atoms with Crippen LogP contribution in [0.2, 0.25) is 5.02 Å². The number of amides is 2. The van der Waals surface area contributed by atoms with Gasteiger partial charge in [0.05, 0.1) is 16.4 Å². The molecule has 0 atom stereocenters. The Morgan fingerprint density at radius 1 is 1.21 bits per heavy atom. The number of hydrogen-bond acceptors (Lipinski definition) is 5. The zero-order valence-corrected chi connectivity index (χ0v) is 21.0. The average molecular weight is 588 g/mol. The fourth-order valence-corrected chi connectivity index (χ4v) is 5.57. The maximum atomic E-state index is 13.6. The predicted octanol–water partition coefficient (Wildman–Crippen LogP) is 6.52. The number of aromatic nitrogens is 3. The molecular formula is C24H16ClF6N5O2S. The lowest BCUT2D eigenvalue weighted by molar-refractivity contribution is -0.140. The molecule has 0 radical (unpaired) electrons. The minimum absolute atomic E-state index is 0.0315. The summed E-state index contributed by atoms with van der Waals surface area (Å²) in [6.07, 6.45) is -6.49. The van der Waals surface area contributed by atoms with E-state index in [-0.39, 0.29) is 48.5 Å². The van der Waals surface area contributed by atoms with Gasteiger partial charge in [0.15, 0.2) is 0 Å². The van der Waals surface area contributed by atoms with Crippen LogP contribution in [-0.4, -0.2) is 26.6 Å². The van der Waals surface area contributed by atoms with Crippen molar-refractivity contribution in [2.75, 3.05) is 5.32 Å². The summed E-state index contributed by atoms with van der Waals surface area (Å²) in [5.74, 6) is -2.66. The average Bonchev–Trinajstić information content (AvgIpc) is 3.54. The van der Waals surface area contributed by atoms with Crippen LogP contribution in [0.15, 0.2) is 30.3 Å². The zero-order chi connectivity index (χ0) is 28.2. The molecule has 1 fully saturated rings. The molecule has 2 amide bonds. The molecule has 1 aliphatic rings. The molecule has 3 aromatic heterocycles. The highest BCUT2D eigenvalue weighted by atomic mass is 35.5. The van der Waals surface area contributed by atoms with Gasteiger partial charge in [0.2, 0.25) is 5.91 Å². The maximum Gasteiger partial charge on any atom is 0.433 e. The van der Waals surface area contributed by atoms with E-state index in [1.54, 1.807) is 0 Å². The minimum Gasteiger partial charge on any atom is -0.365 e. The number of nitrogens with one attached hydrogen (secondary N) is 1. The third kappa shape index (κ3) is 5.17. The van der Waals surface area contributed by atoms with E-state index in [0.717, 1.165) is 22.9 Å². The summed E-state index contributed by atoms with van der Waals surface area (Å²) < 4.78 is 82.3. The largest absolute Gasteiger partial charge is 0.433 e. The SMILES string of the molecule is NC(=O)c1sc2nc(C(F)(F)F)cc(-c3ccc(F)cc3)c2c1NC(=O)Cn1nc(C(F)F)c(Cl)c1C1CC1. The van der Waals surface area contributed by atoms with Crippen molar-refractivity contribution in [3.8, 4) is 11.1 Å². The van der Waals surface area contributed by atoms with Crippen molar-refractivity contribution >= 4 is 50.7 Å². The van der Waals surface area contributed by atoms with Crippen molar-refractivity contribution in [3.05, 3.63) is 63.1 Å². The number of carbonyl (C=O) groups excluding carboxylic acids is 2. The number of pyridine rings is 1. The molecule has 204 valence electrons. The lowest BCUT2D eigenvalue weighted by Crippen LogP contribution is -2.22. The Morgan fingerprint density at radius 2 is 1.87 bits per heavy atom. The highest BCUT2D eigenvalue weighted by molar-refractivity contribution is 7.21. The number of primary amides is 1. The van der Waals surface area contributed by atoms with Crippen LogP contribution in [0.3, 0.4) is 0 Å². The van der Waals surface area contributed by atoms with Crippen molar-refractivity contribution in [2.45, 2.75) is 37.9 Å². The molecule has 0 spiro atoms. The van der Waals surface area contributed by atoms with Crippen LogP contribution in [0.1, 0.15) is 51.9 Å². The Balaban J connectivity index is 1.62. The second-order valence-corrected chi connectivity index (χ2v) is 10.2. The summed E-state index contributed by atoms with van der Waals surface area (Å²) in [6.45, 7) is -0.576. The monoisotopic (exact) mass is 587 g/mol. The summed E-state index contributed by atoms with van der Waals surface area (Å²) in [6, 6.07) is 5.26. The van der Waals surface area contributed by atoms with Crippen molar-refractivity contribution in [2.24, 2.45) is 5.73 Å². The Hall–Kier alpha value is -3.65. The van der Waals surface area contributed by atoms with Gasteiger partial charge in [-0.3, -0.25) is 14.3 Å². The molecule has 1 aromatic carbocycles. The van der Waals surface area contributed by atoms with Crippen LogP contribution in [0.4, 0.5) is 32.0 Å². The molecule has 0 unspecified atom stereocenters. The summed E-state index contributed by atoms with van der Waals surface area (Å²) in [5.41, 5.74) is 3.64. The molecule has 5 rings (SSSR count). The normalized spacial score (nSPS) is 13.8. The standard InChI is InChI=1S/C24H16ClF6N5O2S/c25-16-18(21(27)28)35-36(19(16)10-1-2-10)8-14(37)34-17-15-12(9-3-5-11(26)6-4-9)7-13(24(29,30)31)33-23(15)39-20(17)22(32)38/h3-7,10,21H,1-2,8H2,(H2,32,38)(H,34,37). The van der Waals surface area contributed by atoms with Crippen LogP contribution in [0.25, 0.3) is 21.3 Å². The fraction of sp³-hybridized carbons (Fsp3) is 0.250. The number of carbonyl (C=O) groups is 2. The molecule has 0 bridgehead atoms. The quantitative estimate of drug-likeness (QED) is 0.240. The number of thiophene rings is 1. The van der Waals surface area contributed by atoms with Crippen LogP contribution >= 0.6 is 22.9 Å². The predicted molar refractivity (Wildman–Crippen MR) is 131 cm³/mol. The van der Waals surface area contributed by atoms with Crippen LogP contribution in [0, 0.1) is 5.82 Å². The fourth-order valence-electron chi connectivity index (χ4n) is 4.19. The van der Waals surface area contributed by atoms with Crippen LogP contribution < -0.4 is 11.1 Å². The lowest BCUT2D eigenvalue weighted by Gasteiger charge is -2.13. The zero-order valence-electron chi connectivity index (χ0n) is 19.5. The second-order valence-electron chi connectivity index (χ2n) is 8.78. The first-order valence-electron chi connectivity index (χ1n) is 11.3. The van der Waals surface area contributed by atoms with Gasteiger partial charge in [0.1, 0.15) is 33.5 Å². The highest BCUT2D eigenvalue weighted by Gasteiger charge is 2.36. The summed E-state index contributed by atoms with van der Waals surface area (Å²) in [4.78, 5) is 28.4. The Labute approximate surface area is 224 Å². The van der Waals surface area contributed by atoms with Gasteiger partial charge in [0.25, 0.3) is 12.3 Å². The van der Waals surface area contributed by atoms with Crippen molar-refractivity contribution < 1.29 is 35.9 Å². The third-order valence-corrected chi connectivity index (χ3v) is 7.50. The van der Waals surface area contributed by atoms with E-state index in [2.05, 4.69) is 15.4 Å². The Bertz CT molecular complexity index is 1610. The number of benzene rings is 1. The number of hydrogen-bond donors (Lipinski definition) is 2. The van der Waals surface area contributed by atoms with Gasteiger partial charge in [-0.05, 0) is 42.2 Å². The summed E-state index contributed by atoms with van der Waals surface area (Å²) >= 11 is 6.63.